The number of halogens is 2. The Hall–Kier alpha value is -13.8. The number of nitrogens with zero attached hydrogens (tertiary/aromatic N) is 5. The van der Waals surface area contributed by atoms with Gasteiger partial charge in [0, 0.05) is 113 Å². The van der Waals surface area contributed by atoms with E-state index in [0.29, 0.717) is 36.7 Å². The first-order valence-electron chi connectivity index (χ1n) is 51.1. The van der Waals surface area contributed by atoms with E-state index in [9.17, 15) is 33.9 Å². The Morgan fingerprint density at radius 1 is 0.396 bits per heavy atom. The molecule has 2 bridgehead atoms. The van der Waals surface area contributed by atoms with Gasteiger partial charge in [-0.2, -0.15) is 0 Å². The van der Waals surface area contributed by atoms with E-state index >= 15 is 0 Å². The van der Waals surface area contributed by atoms with Crippen molar-refractivity contribution >= 4 is 97.7 Å². The van der Waals surface area contributed by atoms with Crippen LogP contribution < -0.4 is 16.4 Å². The second kappa shape index (κ2) is 65.1. The van der Waals surface area contributed by atoms with E-state index in [1.165, 1.54) is 94.0 Å². The number of rotatable bonds is 34. The number of aryl methyl sites for hydroxylation is 4. The summed E-state index contributed by atoms with van der Waals surface area (Å²) in [6.45, 7) is 36.3. The molecule has 6 N–H and O–H groups in total. The summed E-state index contributed by atoms with van der Waals surface area (Å²) in [5.74, 6) is -0.126. The van der Waals surface area contributed by atoms with Gasteiger partial charge in [0.1, 0.15) is 11.6 Å². The van der Waals surface area contributed by atoms with Crippen LogP contribution in [-0.4, -0.2) is 107 Å². The van der Waals surface area contributed by atoms with Crippen LogP contribution in [0.4, 0.5) is 5.69 Å². The first kappa shape index (κ1) is 120. The lowest BCUT2D eigenvalue weighted by molar-refractivity contribution is -0.149. The molecule has 784 valence electrons. The number of carboxylic acid groups (broad SMARTS) is 2. The average Bonchev–Trinajstić information content (AvgIpc) is 1.57. The Labute approximate surface area is 900 Å². The lowest BCUT2D eigenvalue weighted by Crippen LogP contribution is -2.39. The van der Waals surface area contributed by atoms with Gasteiger partial charge in [-0.05, 0) is 257 Å². The van der Waals surface area contributed by atoms with E-state index < -0.39 is 11.9 Å². The van der Waals surface area contributed by atoms with Gasteiger partial charge in [0.2, 0.25) is 0 Å². The number of nitrogens with one attached hydrogen (secondary N) is 2. The number of carbonyl (C=O) groups is 6. The molecule has 2 saturated heterocycles. The highest BCUT2D eigenvalue weighted by molar-refractivity contribution is 9.10. The van der Waals surface area contributed by atoms with Gasteiger partial charge >= 0.3 is 35.8 Å². The molecular weight excluding hydrogens is 1990 g/mol. The van der Waals surface area contributed by atoms with Crippen molar-refractivity contribution in [3.8, 4) is 0 Å². The number of carbonyl (C=O) groups excluding carboxylic acids is 4. The Kier molecular flexibility index (Phi) is 52.6. The average molecular weight is 2140 g/mol. The molecule has 3 unspecified atom stereocenters. The number of aliphatic carboxylic acids is 2. The van der Waals surface area contributed by atoms with Crippen molar-refractivity contribution in [2.75, 3.05) is 5.73 Å². The number of nitrogens with two attached hydrogens (primary N) is 1. The predicted octanol–water partition coefficient (Wildman–Crippen LogP) is 29.3. The summed E-state index contributed by atoms with van der Waals surface area (Å²) in [6, 6.07) is 112. The Morgan fingerprint density at radius 2 is 0.718 bits per heavy atom. The summed E-state index contributed by atoms with van der Waals surface area (Å²) < 4.78 is 24.8. The minimum atomic E-state index is -0.932. The number of ether oxygens (including phenoxy) is 4. The van der Waals surface area contributed by atoms with Crippen LogP contribution in [0.5, 0.6) is 0 Å². The van der Waals surface area contributed by atoms with Crippen molar-refractivity contribution in [3.63, 3.8) is 0 Å². The number of hydrogen-bond acceptors (Lipinski definition) is 17. The summed E-state index contributed by atoms with van der Waals surface area (Å²) >= 11 is 6.63. The smallest absolute Gasteiger partial charge is 0.331 e. The lowest BCUT2D eigenvalue weighted by atomic mass is 9.96. The molecule has 2 aliphatic heterocycles. The monoisotopic (exact) mass is 2140 g/mol. The van der Waals surface area contributed by atoms with Crippen LogP contribution in [0.15, 0.2) is 361 Å². The second-order valence-corrected chi connectivity index (χ2v) is 40.2. The summed E-state index contributed by atoms with van der Waals surface area (Å²) in [4.78, 5) is 72.9. The molecule has 0 aliphatic carbocycles. The van der Waals surface area contributed by atoms with Crippen LogP contribution in [0.1, 0.15) is 266 Å². The largest absolute Gasteiger partial charge is 0.481 e. The van der Waals surface area contributed by atoms with E-state index in [2.05, 4.69) is 285 Å². The number of benzene rings is 12. The highest BCUT2D eigenvalue weighted by Crippen LogP contribution is 2.40. The van der Waals surface area contributed by atoms with Gasteiger partial charge in [0.25, 0.3) is 0 Å². The fourth-order valence-electron chi connectivity index (χ4n) is 16.6. The van der Waals surface area contributed by atoms with Gasteiger partial charge in [0.15, 0.2) is 0 Å². The Balaban J connectivity index is 0.000000212. The highest BCUT2D eigenvalue weighted by Gasteiger charge is 2.37. The summed E-state index contributed by atoms with van der Waals surface area (Å²) in [6.07, 6.45) is 17.3. The molecule has 0 radical (unpaired) electrons. The number of fused-ring (bicyclic) bond motifs is 2. The van der Waals surface area contributed by atoms with Crippen LogP contribution >= 0.6 is 31.9 Å². The molecular formula is C127H150Br2N8O12. The van der Waals surface area contributed by atoms with Crippen LogP contribution in [0, 0.1) is 27.7 Å². The number of piperidine rings is 1. The van der Waals surface area contributed by atoms with Gasteiger partial charge in [-0.15, -0.1) is 10.2 Å². The number of carboxylic acids is 2. The number of aromatic nitrogens is 3. The molecule has 22 heteroatoms. The zero-order chi connectivity index (χ0) is 108. The third-order valence-corrected chi connectivity index (χ3v) is 25.3. The zero-order valence-electron chi connectivity index (χ0n) is 89.2. The molecule has 0 spiro atoms. The zero-order valence-corrected chi connectivity index (χ0v) is 92.4. The molecule has 3 heterocycles. The third-order valence-electron chi connectivity index (χ3n) is 24.2. The molecule has 12 aromatic carbocycles. The molecule has 20 nitrogen and oxygen atoms in total. The third kappa shape index (κ3) is 46.2. The van der Waals surface area contributed by atoms with Crippen molar-refractivity contribution in [2.24, 2.45) is 0 Å². The van der Waals surface area contributed by atoms with Crippen LogP contribution in [0.2, 0.25) is 0 Å². The van der Waals surface area contributed by atoms with E-state index in [4.69, 9.17) is 29.8 Å². The maximum atomic E-state index is 12.8. The molecule has 13 aromatic rings. The first-order valence-corrected chi connectivity index (χ1v) is 52.7. The van der Waals surface area contributed by atoms with Crippen molar-refractivity contribution < 1.29 is 57.9 Å². The molecule has 2 aliphatic rings. The minimum absolute atomic E-state index is 0.0626. The molecule has 2 fully saturated rings. The normalized spacial score (nSPS) is 14.4. The van der Waals surface area contributed by atoms with Crippen LogP contribution in [0.25, 0.3) is 24.3 Å². The Morgan fingerprint density at radius 3 is 1.07 bits per heavy atom. The fraction of sp³-hybridized carbons (Fsp3) is 0.307. The molecule has 0 amide bonds. The van der Waals surface area contributed by atoms with Crippen LogP contribution in [-0.2, 0) is 67.3 Å². The van der Waals surface area contributed by atoms with E-state index in [0.717, 1.165) is 85.2 Å². The molecule has 15 rings (SSSR count). The van der Waals surface area contributed by atoms with Crippen molar-refractivity contribution in [1.29, 1.82) is 0 Å². The topological polar surface area (TPSA) is 267 Å². The fourth-order valence-corrected chi connectivity index (χ4v) is 17.2. The molecule has 0 saturated carbocycles. The van der Waals surface area contributed by atoms with Crippen LogP contribution in [0.3, 0.4) is 0 Å². The van der Waals surface area contributed by atoms with E-state index in [1.54, 1.807) is 36.4 Å². The van der Waals surface area contributed by atoms with E-state index in [1.807, 2.05) is 215 Å². The number of anilines is 1. The van der Waals surface area contributed by atoms with Gasteiger partial charge < -0.3 is 50.1 Å². The summed E-state index contributed by atoms with van der Waals surface area (Å²) in [5.41, 5.74) is 23.2. The minimum Gasteiger partial charge on any atom is -0.481 e. The standard InChI is InChI=1S/C28H33NO2.C25H27NO2.C15H17N.C13H22N4.C13H16O2.C12H13BrO2.C12H15NO2.C9H7BrO2/c1-21(2)31-28(30)19-27(26-17-15-22(3)16-18-26)29(20-24-11-7-5-8-12-24)23(4)25-13-9-6-10-14-25;1-19-13-15-23(16-14-19)24(17-25(27)28)26(18-21-9-5-3-6-10-21)20(2)22-11-7-4-8-12-22;1-13(15-10-6-3-7-11-15)16-12-14-8-4-2-5-9-14;1-8(2)13-16-15-9(3)17(13)12-6-10-4-5-11(7-12)14-10;1-10(2)15-13(14)9-8-12-6-4-11(3)5-7-12;2*1-9(2)15-12(14)8-5-10-3-6-11(13)7-4-10;10-8-4-1-7(2-5-8)3-6-9(11)12/h5-18,21,23,27H,19-20H2,1-4H3;3-16,20,24H,17-18H2,1-2H3,(H,27,28);2-11,13,16H,12H2,1H3;8,10-12,14H,4-7H2,1-3H3;4-10H,1-3H3;3-9H,1-2H3;3-9H,13H2,1-2H3;1-6H,(H,11,12)/b;;;;9-8+;2*8-5+;6-3+/t23-,27+;20-,24+;;;;;;/m11....../s1. The molecule has 149 heavy (non-hydrogen) atoms. The van der Waals surface area contributed by atoms with Crippen molar-refractivity contribution in [3.05, 3.63) is 456 Å². The molecule has 1 aromatic heterocycles. The van der Waals surface area contributed by atoms with Gasteiger partial charge in [-0.3, -0.25) is 19.4 Å². The van der Waals surface area contributed by atoms with Crippen molar-refractivity contribution in [1.82, 2.24) is 35.2 Å². The SMILES string of the molecule is CC(C)OC(=O)/C=C/c1ccc(Br)cc1.CC(C)OC(=O)/C=C/c1ccc(N)cc1.CC(NCc1ccccc1)c1ccccc1.Cc1ccc(/C=C/C(=O)OC(C)C)cc1.Cc1ccc([C@H](CC(=O)O)N(Cc2ccccc2)[C@H](C)c2ccccc2)cc1.Cc1ccc([C@H](CC(=O)OC(C)C)N(Cc2ccccc2)[C@H](C)c2ccccc2)cc1.Cc1nnc(C(C)C)n1C1CC2CCC(C1)N2.O=C(O)/C=C/c1ccc(Br)cc1. The maximum Gasteiger partial charge on any atom is 0.331 e. The summed E-state index contributed by atoms with van der Waals surface area (Å²) in [5, 5.41) is 33.8. The van der Waals surface area contributed by atoms with Gasteiger partial charge in [-0.1, -0.05) is 354 Å². The maximum absolute atomic E-state index is 12.8. The quantitative estimate of drug-likeness (QED) is 0.0109. The van der Waals surface area contributed by atoms with Gasteiger partial charge in [0.05, 0.1) is 37.3 Å². The summed E-state index contributed by atoms with van der Waals surface area (Å²) in [7, 11) is 0. The predicted molar refractivity (Wildman–Crippen MR) is 613 cm³/mol. The first-order chi connectivity index (χ1) is 71.4. The second-order valence-electron chi connectivity index (χ2n) is 38.4. The highest BCUT2D eigenvalue weighted by atomic mass is 79.9. The number of nitrogen functional groups attached to an aromatic ring is 1. The van der Waals surface area contributed by atoms with Crippen molar-refractivity contribution in [2.45, 2.75) is 255 Å². The van der Waals surface area contributed by atoms with E-state index in [-0.39, 0.29) is 78.9 Å². The Bertz CT molecular complexity index is 6030. The number of esters is 4. The number of hydrogen-bond donors (Lipinski definition) is 5. The lowest BCUT2D eigenvalue weighted by Gasteiger charge is -2.37. The molecule has 7 atom stereocenters. The van der Waals surface area contributed by atoms with Gasteiger partial charge in [-0.25, -0.2) is 19.2 Å².